The van der Waals surface area contributed by atoms with E-state index in [-0.39, 0.29) is 5.82 Å². The van der Waals surface area contributed by atoms with Crippen molar-refractivity contribution in [1.29, 1.82) is 0 Å². The van der Waals surface area contributed by atoms with Gasteiger partial charge in [-0.15, -0.1) is 0 Å². The van der Waals surface area contributed by atoms with Gasteiger partial charge >= 0.3 is 6.18 Å². The number of rotatable bonds is 0. The number of hydrogen-bond acceptors (Lipinski definition) is 3. The molecule has 0 bridgehead atoms. The van der Waals surface area contributed by atoms with Crippen molar-refractivity contribution in [2.75, 3.05) is 5.73 Å². The number of aromatic nitrogens is 3. The second-order valence-electron chi connectivity index (χ2n) is 3.87. The summed E-state index contributed by atoms with van der Waals surface area (Å²) in [6, 6.07) is 12.1. The molecule has 2 aromatic heterocycles. The number of halogens is 3. The third-order valence-corrected chi connectivity index (χ3v) is 2.38. The first kappa shape index (κ1) is 13.9. The maximum Gasteiger partial charge on any atom is 0.449 e. The topological polar surface area (TPSA) is 67.6 Å². The van der Waals surface area contributed by atoms with Crippen molar-refractivity contribution in [2.45, 2.75) is 6.18 Å². The first-order chi connectivity index (χ1) is 9.47. The summed E-state index contributed by atoms with van der Waals surface area (Å²) < 4.78 is 35.0. The zero-order valence-corrected chi connectivity index (χ0v) is 10.2. The van der Waals surface area contributed by atoms with E-state index in [2.05, 4.69) is 22.1 Å². The summed E-state index contributed by atoms with van der Waals surface area (Å²) in [5.74, 6) is -1.22. The minimum absolute atomic E-state index is 0.160. The van der Waals surface area contributed by atoms with Gasteiger partial charge in [0, 0.05) is 17.8 Å². The van der Waals surface area contributed by atoms with Crippen LogP contribution < -0.4 is 5.73 Å². The van der Waals surface area contributed by atoms with Crippen LogP contribution >= 0.6 is 0 Å². The molecule has 0 amide bonds. The van der Waals surface area contributed by atoms with Crippen LogP contribution in [0.1, 0.15) is 5.82 Å². The van der Waals surface area contributed by atoms with E-state index in [4.69, 9.17) is 5.73 Å². The number of pyridine rings is 1. The van der Waals surface area contributed by atoms with Crippen LogP contribution in [-0.4, -0.2) is 15.0 Å². The molecule has 3 rings (SSSR count). The highest BCUT2D eigenvalue weighted by Crippen LogP contribution is 2.26. The third kappa shape index (κ3) is 3.47. The molecule has 0 aliphatic carbocycles. The SMILES string of the molecule is Nc1c[nH]c(C(F)(F)F)n1.c1ccc2ncccc2c1. The first-order valence-corrected chi connectivity index (χ1v) is 5.64. The monoisotopic (exact) mass is 280 g/mol. The van der Waals surface area contributed by atoms with E-state index in [9.17, 15) is 13.2 Å². The number of imidazole rings is 1. The van der Waals surface area contributed by atoms with Crippen molar-refractivity contribution >= 4 is 16.7 Å². The smallest absolute Gasteiger partial charge is 0.382 e. The Morgan fingerprint density at radius 2 is 1.75 bits per heavy atom. The summed E-state index contributed by atoms with van der Waals surface area (Å²) in [4.78, 5) is 9.04. The number of nitrogens with two attached hydrogens (primary N) is 1. The Balaban J connectivity index is 0.000000147. The van der Waals surface area contributed by atoms with Crippen molar-refractivity contribution in [3.8, 4) is 0 Å². The van der Waals surface area contributed by atoms with Gasteiger partial charge in [-0.3, -0.25) is 4.98 Å². The summed E-state index contributed by atoms with van der Waals surface area (Å²) in [6.07, 6.45) is -1.64. The molecule has 7 heteroatoms. The number of nitrogens with one attached hydrogen (secondary N) is 1. The van der Waals surface area contributed by atoms with Gasteiger partial charge in [0.05, 0.1) is 5.52 Å². The molecule has 0 radical (unpaired) electrons. The molecule has 0 aliphatic heterocycles. The van der Waals surface area contributed by atoms with Crippen LogP contribution in [0.3, 0.4) is 0 Å². The Kier molecular flexibility index (Phi) is 3.88. The Morgan fingerprint density at radius 1 is 1.05 bits per heavy atom. The van der Waals surface area contributed by atoms with Gasteiger partial charge in [-0.2, -0.15) is 13.2 Å². The predicted molar refractivity (Wildman–Crippen MR) is 69.7 cm³/mol. The number of nitrogen functional groups attached to an aromatic ring is 1. The molecule has 0 saturated carbocycles. The minimum atomic E-state index is -4.43. The third-order valence-electron chi connectivity index (χ3n) is 2.38. The van der Waals surface area contributed by atoms with Gasteiger partial charge in [0.25, 0.3) is 0 Å². The maximum atomic E-state index is 11.7. The lowest BCUT2D eigenvalue weighted by molar-refractivity contribution is -0.144. The molecular weight excluding hydrogens is 269 g/mol. The molecule has 0 spiro atoms. The van der Waals surface area contributed by atoms with Crippen molar-refractivity contribution in [1.82, 2.24) is 15.0 Å². The van der Waals surface area contributed by atoms with Gasteiger partial charge in [0.2, 0.25) is 5.82 Å². The molecule has 3 N–H and O–H groups in total. The highest BCUT2D eigenvalue weighted by atomic mass is 19.4. The van der Waals surface area contributed by atoms with Crippen LogP contribution in [0, 0.1) is 0 Å². The number of aromatic amines is 1. The number of nitrogens with zero attached hydrogens (tertiary/aromatic N) is 2. The highest BCUT2D eigenvalue weighted by molar-refractivity contribution is 5.77. The fourth-order valence-corrected chi connectivity index (χ4v) is 1.50. The average molecular weight is 280 g/mol. The summed E-state index contributed by atoms with van der Waals surface area (Å²) in [6.45, 7) is 0. The normalized spacial score (nSPS) is 10.9. The molecule has 104 valence electrons. The van der Waals surface area contributed by atoms with Gasteiger partial charge in [-0.05, 0) is 12.1 Å². The van der Waals surface area contributed by atoms with Crippen molar-refractivity contribution in [3.05, 3.63) is 54.6 Å². The van der Waals surface area contributed by atoms with E-state index >= 15 is 0 Å². The number of anilines is 1. The molecule has 20 heavy (non-hydrogen) atoms. The Morgan fingerprint density at radius 3 is 2.30 bits per heavy atom. The fourth-order valence-electron chi connectivity index (χ4n) is 1.50. The molecule has 2 heterocycles. The van der Waals surface area contributed by atoms with E-state index in [1.807, 2.05) is 35.4 Å². The van der Waals surface area contributed by atoms with E-state index in [0.29, 0.717) is 0 Å². The number of H-pyrrole nitrogens is 1. The number of hydrogen-bond donors (Lipinski definition) is 2. The summed E-state index contributed by atoms with van der Waals surface area (Å²) in [5, 5.41) is 1.20. The Labute approximate surface area is 112 Å². The van der Waals surface area contributed by atoms with E-state index in [1.165, 1.54) is 5.39 Å². The largest absolute Gasteiger partial charge is 0.449 e. The first-order valence-electron chi connectivity index (χ1n) is 5.64. The lowest BCUT2D eigenvalue weighted by Crippen LogP contribution is -2.07. The van der Waals surface area contributed by atoms with Gasteiger partial charge in [0.1, 0.15) is 5.82 Å². The molecule has 3 aromatic rings. The van der Waals surface area contributed by atoms with Crippen molar-refractivity contribution < 1.29 is 13.2 Å². The van der Waals surface area contributed by atoms with Gasteiger partial charge in [-0.1, -0.05) is 24.3 Å². The van der Waals surface area contributed by atoms with Gasteiger partial charge in [0.15, 0.2) is 0 Å². The average Bonchev–Trinajstić information content (AvgIpc) is 2.86. The zero-order valence-electron chi connectivity index (χ0n) is 10.2. The van der Waals surface area contributed by atoms with E-state index < -0.39 is 12.0 Å². The maximum absolute atomic E-state index is 11.7. The summed E-state index contributed by atoms with van der Waals surface area (Å²) in [7, 11) is 0. The zero-order chi connectivity index (χ0) is 14.6. The Hall–Kier alpha value is -2.57. The molecule has 4 nitrogen and oxygen atoms in total. The van der Waals surface area contributed by atoms with Crippen LogP contribution in [0.5, 0.6) is 0 Å². The molecule has 0 aliphatic rings. The Bertz CT molecular complexity index is 626. The van der Waals surface area contributed by atoms with E-state index in [1.54, 1.807) is 0 Å². The minimum Gasteiger partial charge on any atom is -0.382 e. The van der Waals surface area contributed by atoms with Crippen LogP contribution in [0.25, 0.3) is 10.9 Å². The van der Waals surface area contributed by atoms with Gasteiger partial charge < -0.3 is 10.7 Å². The lowest BCUT2D eigenvalue weighted by Gasteiger charge is -1.98. The molecule has 1 aromatic carbocycles. The standard InChI is InChI=1S/C9H7N.C4H4F3N3/c1-2-6-9-8(4-1)5-3-7-10-9;5-4(6,7)3-9-1-2(8)10-3/h1-7H;1H,8H2,(H,9,10). The number of para-hydroxylation sites is 1. The van der Waals surface area contributed by atoms with Gasteiger partial charge in [-0.25, -0.2) is 4.98 Å². The quantitative estimate of drug-likeness (QED) is 0.664. The van der Waals surface area contributed by atoms with Crippen LogP contribution in [0.2, 0.25) is 0 Å². The van der Waals surface area contributed by atoms with Crippen LogP contribution in [0.15, 0.2) is 48.8 Å². The number of alkyl halides is 3. The fraction of sp³-hybridized carbons (Fsp3) is 0.0769. The molecular formula is C13H11F3N4. The predicted octanol–water partition coefficient (Wildman–Crippen LogP) is 3.25. The second kappa shape index (κ2) is 5.60. The highest BCUT2D eigenvalue weighted by Gasteiger charge is 2.34. The number of benzene rings is 1. The summed E-state index contributed by atoms with van der Waals surface area (Å²) in [5.41, 5.74) is 5.99. The molecule has 0 saturated heterocycles. The molecule has 0 atom stereocenters. The van der Waals surface area contributed by atoms with E-state index in [0.717, 1.165) is 11.7 Å². The molecule has 0 unspecified atom stereocenters. The van der Waals surface area contributed by atoms with Crippen molar-refractivity contribution in [3.63, 3.8) is 0 Å². The number of fused-ring (bicyclic) bond motifs is 1. The molecule has 0 fully saturated rings. The lowest BCUT2D eigenvalue weighted by atomic mass is 10.2. The second-order valence-corrected chi connectivity index (χ2v) is 3.87. The summed E-state index contributed by atoms with van der Waals surface area (Å²) >= 11 is 0. The van der Waals surface area contributed by atoms with Crippen molar-refractivity contribution in [2.24, 2.45) is 0 Å². The van der Waals surface area contributed by atoms with Crippen LogP contribution in [0.4, 0.5) is 19.0 Å². The van der Waals surface area contributed by atoms with Crippen LogP contribution in [-0.2, 0) is 6.18 Å².